The van der Waals surface area contributed by atoms with E-state index in [2.05, 4.69) is 16.7 Å². The Hall–Kier alpha value is -2.32. The third-order valence-corrected chi connectivity index (χ3v) is 8.36. The van der Waals surface area contributed by atoms with E-state index in [-0.39, 0.29) is 47.2 Å². The molecule has 1 aliphatic heterocycles. The first-order valence-electron chi connectivity index (χ1n) is 12.4. The van der Waals surface area contributed by atoms with Gasteiger partial charge in [0, 0.05) is 35.7 Å². The minimum Gasteiger partial charge on any atom is -0.396 e. The molecule has 5 atom stereocenters. The fourth-order valence-electron chi connectivity index (χ4n) is 5.54. The van der Waals surface area contributed by atoms with E-state index < -0.39 is 59.1 Å². The average molecular weight is 568 g/mol. The molecule has 38 heavy (non-hydrogen) atoms. The van der Waals surface area contributed by atoms with Crippen molar-refractivity contribution in [3.63, 3.8) is 0 Å². The maximum absolute atomic E-state index is 15.6. The molecule has 0 radical (unpaired) electrons. The lowest BCUT2D eigenvalue weighted by Crippen LogP contribution is -2.46. The number of nitrogens with zero attached hydrogens (tertiary/aromatic N) is 1. The van der Waals surface area contributed by atoms with Crippen LogP contribution in [0.15, 0.2) is 36.4 Å². The van der Waals surface area contributed by atoms with Gasteiger partial charge in [0.15, 0.2) is 0 Å². The fourth-order valence-corrected chi connectivity index (χ4v) is 5.88. The van der Waals surface area contributed by atoms with Gasteiger partial charge in [-0.2, -0.15) is 5.26 Å². The summed E-state index contributed by atoms with van der Waals surface area (Å²) in [4.78, 5) is 13.5. The SMILES string of the molecule is N#C[C@]1(c2ccc(Cl)cc2F)[C@H](CC2(CO)CC2)N[C@@H](C(=O)NCC[C@H](O)CO)[C@@H]1c1cccc(Cl)c1F. The summed E-state index contributed by atoms with van der Waals surface area (Å²) in [6, 6.07) is 8.35. The van der Waals surface area contributed by atoms with Gasteiger partial charge >= 0.3 is 0 Å². The molecule has 0 bridgehead atoms. The van der Waals surface area contributed by atoms with E-state index in [4.69, 9.17) is 28.3 Å². The number of hydrogen-bond acceptors (Lipinski definition) is 6. The molecule has 204 valence electrons. The van der Waals surface area contributed by atoms with Crippen molar-refractivity contribution >= 4 is 29.1 Å². The fraction of sp³-hybridized carbons (Fsp3) is 0.481. The van der Waals surface area contributed by atoms with Gasteiger partial charge in [0.05, 0.1) is 29.8 Å². The number of rotatable bonds is 10. The molecule has 0 spiro atoms. The molecule has 1 amide bonds. The predicted octanol–water partition coefficient (Wildman–Crippen LogP) is 3.18. The van der Waals surface area contributed by atoms with Crippen LogP contribution < -0.4 is 10.6 Å². The first-order chi connectivity index (χ1) is 18.1. The van der Waals surface area contributed by atoms with E-state index in [1.165, 1.54) is 30.3 Å². The molecule has 11 heteroatoms. The Morgan fingerprint density at radius 3 is 2.58 bits per heavy atom. The van der Waals surface area contributed by atoms with Crippen LogP contribution in [0.4, 0.5) is 8.78 Å². The molecule has 1 saturated carbocycles. The number of nitrogens with one attached hydrogen (secondary N) is 2. The van der Waals surface area contributed by atoms with E-state index in [0.717, 1.165) is 6.07 Å². The predicted molar refractivity (Wildman–Crippen MR) is 138 cm³/mol. The number of nitriles is 1. The van der Waals surface area contributed by atoms with Gasteiger partial charge < -0.3 is 26.0 Å². The number of aliphatic hydroxyl groups is 3. The van der Waals surface area contributed by atoms with Crippen LogP contribution in [0.1, 0.15) is 42.7 Å². The largest absolute Gasteiger partial charge is 0.396 e. The van der Waals surface area contributed by atoms with Gasteiger partial charge in [0.1, 0.15) is 17.0 Å². The number of hydrogen-bond donors (Lipinski definition) is 5. The van der Waals surface area contributed by atoms with Gasteiger partial charge in [-0.15, -0.1) is 0 Å². The van der Waals surface area contributed by atoms with Gasteiger partial charge in [0.2, 0.25) is 5.91 Å². The van der Waals surface area contributed by atoms with E-state index in [1.54, 1.807) is 0 Å². The van der Waals surface area contributed by atoms with E-state index in [1.807, 2.05) is 0 Å². The first kappa shape index (κ1) is 28.7. The Bertz CT molecular complexity index is 1240. The molecule has 0 unspecified atom stereocenters. The number of carbonyl (C=O) groups excluding carboxylic acids is 1. The lowest BCUT2D eigenvalue weighted by Gasteiger charge is -2.36. The zero-order valence-corrected chi connectivity index (χ0v) is 21.9. The number of amides is 1. The summed E-state index contributed by atoms with van der Waals surface area (Å²) in [5.41, 5.74) is -2.37. The van der Waals surface area contributed by atoms with Crippen molar-refractivity contribution < 1.29 is 28.9 Å². The molecular formula is C27H29Cl2F2N3O4. The van der Waals surface area contributed by atoms with E-state index in [0.29, 0.717) is 12.8 Å². The standard InChI is InChI=1S/C27H29Cl2F2N3O4/c28-15-4-5-18(20(30)10-15)27(13-32)21(11-26(14-36)7-8-26)34-24(25(38)33-9-6-16(37)12-35)22(27)17-2-1-3-19(29)23(17)31/h1-5,10,16,21-22,24,34-37H,6-9,11-12,14H2,(H,33,38)/t16-,21-,22-,24+,27-/m0/s1. The Kier molecular flexibility index (Phi) is 8.62. The van der Waals surface area contributed by atoms with Crippen LogP contribution in [0, 0.1) is 28.4 Å². The highest BCUT2D eigenvalue weighted by molar-refractivity contribution is 6.31. The van der Waals surface area contributed by atoms with Crippen molar-refractivity contribution in [1.29, 1.82) is 5.26 Å². The topological polar surface area (TPSA) is 126 Å². The third-order valence-electron chi connectivity index (χ3n) is 7.83. The summed E-state index contributed by atoms with van der Waals surface area (Å²) in [5.74, 6) is -3.42. The lowest BCUT2D eigenvalue weighted by molar-refractivity contribution is -0.123. The average Bonchev–Trinajstić information content (AvgIpc) is 3.60. The molecule has 5 N–H and O–H groups in total. The molecule has 0 aromatic heterocycles. The minimum absolute atomic E-state index is 0.00356. The van der Waals surface area contributed by atoms with Crippen molar-refractivity contribution in [2.45, 2.75) is 55.2 Å². The summed E-state index contributed by atoms with van der Waals surface area (Å²) in [7, 11) is 0. The quantitative estimate of drug-likeness (QED) is 0.300. The van der Waals surface area contributed by atoms with Crippen molar-refractivity contribution in [1.82, 2.24) is 10.6 Å². The molecule has 1 saturated heterocycles. The van der Waals surface area contributed by atoms with Gasteiger partial charge in [0.25, 0.3) is 0 Å². The number of carbonyl (C=O) groups is 1. The number of aliphatic hydroxyl groups excluding tert-OH is 3. The van der Waals surface area contributed by atoms with Crippen LogP contribution >= 0.6 is 23.2 Å². The van der Waals surface area contributed by atoms with Crippen LogP contribution in [0.25, 0.3) is 0 Å². The number of benzene rings is 2. The molecule has 2 fully saturated rings. The lowest BCUT2D eigenvalue weighted by atomic mass is 9.63. The molecule has 7 nitrogen and oxygen atoms in total. The van der Waals surface area contributed by atoms with Crippen LogP contribution in [0.2, 0.25) is 10.0 Å². The Morgan fingerprint density at radius 2 is 1.97 bits per heavy atom. The van der Waals surface area contributed by atoms with E-state index >= 15 is 8.78 Å². The highest BCUT2D eigenvalue weighted by Gasteiger charge is 2.62. The Labute approximate surface area is 229 Å². The molecule has 2 aromatic rings. The maximum Gasteiger partial charge on any atom is 0.237 e. The van der Waals surface area contributed by atoms with Crippen LogP contribution in [0.3, 0.4) is 0 Å². The second-order valence-corrected chi connectivity index (χ2v) is 11.0. The summed E-state index contributed by atoms with van der Waals surface area (Å²) < 4.78 is 31.2. The highest BCUT2D eigenvalue weighted by Crippen LogP contribution is 2.57. The molecule has 2 aromatic carbocycles. The van der Waals surface area contributed by atoms with Crippen molar-refractivity contribution in [2.24, 2.45) is 5.41 Å². The number of halogens is 4. The molecule has 1 heterocycles. The van der Waals surface area contributed by atoms with Crippen molar-refractivity contribution in [3.8, 4) is 6.07 Å². The van der Waals surface area contributed by atoms with Gasteiger partial charge in [-0.1, -0.05) is 41.4 Å². The normalized spacial score (nSPS) is 26.5. The summed E-state index contributed by atoms with van der Waals surface area (Å²) in [6.07, 6.45) is 0.653. The third kappa shape index (κ3) is 5.26. The molecular weight excluding hydrogens is 539 g/mol. The Balaban J connectivity index is 1.88. The molecule has 2 aliphatic rings. The van der Waals surface area contributed by atoms with Crippen molar-refractivity contribution in [3.05, 3.63) is 69.2 Å². The first-order valence-corrected chi connectivity index (χ1v) is 13.1. The van der Waals surface area contributed by atoms with Crippen LogP contribution in [0.5, 0.6) is 0 Å². The summed E-state index contributed by atoms with van der Waals surface area (Å²) >= 11 is 12.1. The van der Waals surface area contributed by atoms with Crippen molar-refractivity contribution in [2.75, 3.05) is 19.8 Å². The molecule has 1 aliphatic carbocycles. The smallest absolute Gasteiger partial charge is 0.237 e. The van der Waals surface area contributed by atoms with Gasteiger partial charge in [-0.3, -0.25) is 4.79 Å². The zero-order chi connectivity index (χ0) is 27.7. The second kappa shape index (κ2) is 11.4. The molecule has 4 rings (SSSR count). The monoisotopic (exact) mass is 567 g/mol. The second-order valence-electron chi connectivity index (χ2n) is 10.2. The van der Waals surface area contributed by atoms with Crippen LogP contribution in [-0.4, -0.2) is 59.2 Å². The van der Waals surface area contributed by atoms with Crippen LogP contribution in [-0.2, 0) is 10.2 Å². The Morgan fingerprint density at radius 1 is 1.24 bits per heavy atom. The minimum atomic E-state index is -1.78. The summed E-state index contributed by atoms with van der Waals surface area (Å²) in [5, 5.41) is 45.3. The van der Waals surface area contributed by atoms with E-state index in [9.17, 15) is 20.3 Å². The summed E-state index contributed by atoms with van der Waals surface area (Å²) in [6.45, 7) is -0.627. The van der Waals surface area contributed by atoms with Gasteiger partial charge in [-0.05, 0) is 54.9 Å². The maximum atomic E-state index is 15.6. The van der Waals surface area contributed by atoms with Gasteiger partial charge in [-0.25, -0.2) is 8.78 Å². The zero-order valence-electron chi connectivity index (χ0n) is 20.4. The highest BCUT2D eigenvalue weighted by atomic mass is 35.5.